The van der Waals surface area contributed by atoms with Crippen LogP contribution in [0.15, 0.2) is 66.7 Å². The maximum atomic E-state index is 12.9. The number of ether oxygens (including phenoxy) is 1. The van der Waals surface area contributed by atoms with Crippen LogP contribution in [0.4, 0.5) is 23.2 Å². The van der Waals surface area contributed by atoms with Crippen LogP contribution in [-0.2, 0) is 6.18 Å². The second-order valence-corrected chi connectivity index (χ2v) is 5.86. The first-order valence-corrected chi connectivity index (χ1v) is 8.11. The van der Waals surface area contributed by atoms with Gasteiger partial charge in [-0.25, -0.2) is 9.37 Å². The molecule has 8 heteroatoms. The van der Waals surface area contributed by atoms with Gasteiger partial charge in [0.1, 0.15) is 22.2 Å². The molecule has 0 saturated heterocycles. The molecule has 0 spiro atoms. The number of halogens is 4. The number of benzene rings is 2. The van der Waals surface area contributed by atoms with Crippen LogP contribution < -0.4 is 10.1 Å². The van der Waals surface area contributed by atoms with E-state index in [9.17, 15) is 17.6 Å². The summed E-state index contributed by atoms with van der Waals surface area (Å²) in [5.41, 5.74) is 0.121. The number of nitrogens with one attached hydrogen (secondary N) is 1. The smallest absolute Gasteiger partial charge is 0.416 e. The molecular weight excluding hydrogens is 380 g/mol. The van der Waals surface area contributed by atoms with Crippen LogP contribution in [-0.4, -0.2) is 9.97 Å². The van der Waals surface area contributed by atoms with Crippen LogP contribution in [0.25, 0.3) is 0 Å². The number of rotatable bonds is 4. The van der Waals surface area contributed by atoms with Crippen LogP contribution in [0.3, 0.4) is 0 Å². The van der Waals surface area contributed by atoms with E-state index in [0.29, 0.717) is 11.4 Å². The molecule has 0 aliphatic carbocycles. The predicted molar refractivity (Wildman–Crippen MR) is 97.5 cm³/mol. The van der Waals surface area contributed by atoms with Crippen LogP contribution in [0, 0.1) is 5.82 Å². The number of pyridine rings is 1. The molecule has 1 heterocycles. The van der Waals surface area contributed by atoms with Gasteiger partial charge in [-0.3, -0.25) is 0 Å². The van der Waals surface area contributed by atoms with Crippen LogP contribution in [0.2, 0.25) is 0 Å². The third-order valence-electron chi connectivity index (χ3n) is 3.44. The topological polar surface area (TPSA) is 34.1 Å². The van der Waals surface area contributed by atoms with Crippen LogP contribution in [0.5, 0.6) is 11.6 Å². The van der Waals surface area contributed by atoms with Crippen molar-refractivity contribution in [1.82, 2.24) is 4.98 Å². The Morgan fingerprint density at radius 1 is 0.963 bits per heavy atom. The lowest BCUT2D eigenvalue weighted by atomic mass is 10.2. The molecule has 0 radical (unpaired) electrons. The summed E-state index contributed by atoms with van der Waals surface area (Å²) >= 11 is 5.26. The predicted octanol–water partition coefficient (Wildman–Crippen LogP) is 5.82. The monoisotopic (exact) mass is 392 g/mol. The summed E-state index contributed by atoms with van der Waals surface area (Å²) in [7, 11) is 0. The van der Waals surface area contributed by atoms with Gasteiger partial charge in [0, 0.05) is 11.8 Å². The van der Waals surface area contributed by atoms with Crippen molar-refractivity contribution in [2.45, 2.75) is 6.18 Å². The minimum absolute atomic E-state index is 0.00638. The van der Waals surface area contributed by atoms with Gasteiger partial charge in [-0.05, 0) is 48.5 Å². The van der Waals surface area contributed by atoms with E-state index in [1.54, 1.807) is 12.1 Å². The van der Waals surface area contributed by atoms with Gasteiger partial charge in [-0.15, -0.1) is 0 Å². The average molecular weight is 392 g/mol. The number of alkyl halides is 3. The van der Waals surface area contributed by atoms with E-state index in [0.717, 1.165) is 12.1 Å². The Bertz CT molecular complexity index is 958. The molecule has 27 heavy (non-hydrogen) atoms. The maximum Gasteiger partial charge on any atom is 0.416 e. The van der Waals surface area contributed by atoms with E-state index in [4.69, 9.17) is 17.0 Å². The molecule has 0 aliphatic rings. The zero-order valence-corrected chi connectivity index (χ0v) is 14.4. The maximum absolute atomic E-state index is 12.9. The largest absolute Gasteiger partial charge is 0.439 e. The second-order valence-electron chi connectivity index (χ2n) is 5.45. The first kappa shape index (κ1) is 18.8. The Labute approximate surface area is 157 Å². The van der Waals surface area contributed by atoms with Crippen molar-refractivity contribution in [2.75, 3.05) is 5.32 Å². The number of aromatic nitrogens is 1. The molecule has 1 aromatic heterocycles. The summed E-state index contributed by atoms with van der Waals surface area (Å²) in [5.74, 6) is -0.275. The second kappa shape index (κ2) is 7.71. The summed E-state index contributed by atoms with van der Waals surface area (Å²) in [5, 5.41) is 2.90. The minimum Gasteiger partial charge on any atom is -0.439 e. The van der Waals surface area contributed by atoms with Crippen molar-refractivity contribution in [3.8, 4) is 11.6 Å². The lowest BCUT2D eigenvalue weighted by Crippen LogP contribution is -2.12. The normalized spacial score (nSPS) is 11.1. The summed E-state index contributed by atoms with van der Waals surface area (Å²) in [6.45, 7) is 0. The molecule has 3 aromatic rings. The van der Waals surface area contributed by atoms with Gasteiger partial charge >= 0.3 is 6.18 Å². The van der Waals surface area contributed by atoms with Gasteiger partial charge in [0.2, 0.25) is 5.88 Å². The third kappa shape index (κ3) is 5.01. The van der Waals surface area contributed by atoms with Crippen molar-refractivity contribution < 1.29 is 22.3 Å². The molecule has 0 saturated carbocycles. The molecule has 0 bridgehead atoms. The van der Waals surface area contributed by atoms with E-state index in [2.05, 4.69) is 10.3 Å². The SMILES string of the molecule is Fc1ccc(NC(=S)c2cccc(Oc3cccc(C(F)(F)F)c3)n2)cc1. The average Bonchev–Trinajstić information content (AvgIpc) is 2.63. The number of thiocarbonyl (C=S) groups is 1. The molecule has 3 nitrogen and oxygen atoms in total. The van der Waals surface area contributed by atoms with Crippen molar-refractivity contribution >= 4 is 22.9 Å². The molecule has 138 valence electrons. The highest BCUT2D eigenvalue weighted by Gasteiger charge is 2.30. The third-order valence-corrected chi connectivity index (χ3v) is 3.75. The van der Waals surface area contributed by atoms with Gasteiger partial charge in [0.05, 0.1) is 5.56 Å². The Hall–Kier alpha value is -3.00. The highest BCUT2D eigenvalue weighted by Crippen LogP contribution is 2.32. The molecule has 2 aromatic carbocycles. The van der Waals surface area contributed by atoms with Gasteiger partial charge in [0.25, 0.3) is 0 Å². The van der Waals surface area contributed by atoms with Crippen LogP contribution >= 0.6 is 12.2 Å². The Morgan fingerprint density at radius 3 is 2.37 bits per heavy atom. The molecule has 1 N–H and O–H groups in total. The highest BCUT2D eigenvalue weighted by molar-refractivity contribution is 7.81. The molecular formula is C19H12F4N2OS. The molecule has 0 atom stereocenters. The lowest BCUT2D eigenvalue weighted by molar-refractivity contribution is -0.137. The quantitative estimate of drug-likeness (QED) is 0.448. The van der Waals surface area contributed by atoms with Crippen LogP contribution in [0.1, 0.15) is 11.3 Å². The fraction of sp³-hybridized carbons (Fsp3) is 0.0526. The fourth-order valence-corrected chi connectivity index (χ4v) is 2.41. The molecule has 0 aliphatic heterocycles. The molecule has 0 fully saturated rings. The van der Waals surface area contributed by atoms with Gasteiger partial charge in [-0.1, -0.05) is 24.4 Å². The Balaban J connectivity index is 1.75. The fourth-order valence-electron chi connectivity index (χ4n) is 2.18. The van der Waals surface area contributed by atoms with Gasteiger partial charge < -0.3 is 10.1 Å². The lowest BCUT2D eigenvalue weighted by Gasteiger charge is -2.11. The van der Waals surface area contributed by atoms with E-state index >= 15 is 0 Å². The van der Waals surface area contributed by atoms with Crippen molar-refractivity contribution in [3.05, 3.63) is 83.8 Å². The number of nitrogens with zero attached hydrogens (tertiary/aromatic N) is 1. The number of hydrogen-bond donors (Lipinski definition) is 1. The number of hydrogen-bond acceptors (Lipinski definition) is 3. The minimum atomic E-state index is -4.46. The van der Waals surface area contributed by atoms with Crippen molar-refractivity contribution in [2.24, 2.45) is 0 Å². The van der Waals surface area contributed by atoms with E-state index < -0.39 is 11.7 Å². The van der Waals surface area contributed by atoms with Crippen molar-refractivity contribution in [3.63, 3.8) is 0 Å². The van der Waals surface area contributed by atoms with E-state index in [1.807, 2.05) is 0 Å². The standard InChI is InChI=1S/C19H12F4N2OS/c20-13-7-9-14(10-8-13)24-18(27)16-5-2-6-17(25-16)26-15-4-1-3-12(11-15)19(21,22)23/h1-11H,(H,24,27). The Morgan fingerprint density at radius 2 is 1.67 bits per heavy atom. The summed E-state index contributed by atoms with van der Waals surface area (Å²) < 4.78 is 56.7. The molecule has 0 amide bonds. The van der Waals surface area contributed by atoms with Gasteiger partial charge in [0.15, 0.2) is 0 Å². The van der Waals surface area contributed by atoms with Gasteiger partial charge in [-0.2, -0.15) is 13.2 Å². The zero-order valence-electron chi connectivity index (χ0n) is 13.6. The molecule has 3 rings (SSSR count). The first-order chi connectivity index (χ1) is 12.8. The zero-order chi connectivity index (χ0) is 19.4. The van der Waals surface area contributed by atoms with Crippen molar-refractivity contribution in [1.29, 1.82) is 0 Å². The molecule has 0 unspecified atom stereocenters. The highest BCUT2D eigenvalue weighted by atomic mass is 32.1. The summed E-state index contributed by atoms with van der Waals surface area (Å²) in [6, 6.07) is 14.8. The summed E-state index contributed by atoms with van der Waals surface area (Å²) in [6.07, 6.45) is -4.46. The summed E-state index contributed by atoms with van der Waals surface area (Å²) in [4.78, 5) is 4.45. The number of anilines is 1. The van der Waals surface area contributed by atoms with E-state index in [-0.39, 0.29) is 22.4 Å². The van der Waals surface area contributed by atoms with E-state index in [1.165, 1.54) is 42.5 Å². The Kier molecular flexibility index (Phi) is 5.36. The first-order valence-electron chi connectivity index (χ1n) is 7.70.